The fourth-order valence-electron chi connectivity index (χ4n) is 2.15. The molecule has 0 aliphatic carbocycles. The van der Waals surface area contributed by atoms with Crippen molar-refractivity contribution in [2.45, 2.75) is 13.3 Å². The minimum Gasteiger partial charge on any atom is -0.493 e. The minimum atomic E-state index is -0.256. The topological polar surface area (TPSA) is 59.9 Å². The average Bonchev–Trinajstić information content (AvgIpc) is 2.62. The summed E-state index contributed by atoms with van der Waals surface area (Å²) in [5, 5.41) is 4.25. The smallest absolute Gasteiger partial charge is 0.271 e. The number of methoxy groups -OCH3 is 2. The lowest BCUT2D eigenvalue weighted by Gasteiger charge is -2.10. The van der Waals surface area contributed by atoms with E-state index < -0.39 is 0 Å². The third-order valence-electron chi connectivity index (χ3n) is 3.45. The predicted molar refractivity (Wildman–Crippen MR) is 98.0 cm³/mol. The first-order chi connectivity index (χ1) is 11.6. The Morgan fingerprint density at radius 3 is 2.25 bits per heavy atom. The van der Waals surface area contributed by atoms with Gasteiger partial charge in [0, 0.05) is 15.6 Å². The number of nitrogens with zero attached hydrogens (tertiary/aromatic N) is 1. The van der Waals surface area contributed by atoms with Crippen LogP contribution in [0.3, 0.4) is 0 Å². The summed E-state index contributed by atoms with van der Waals surface area (Å²) in [7, 11) is 3.17. The third kappa shape index (κ3) is 4.35. The van der Waals surface area contributed by atoms with Gasteiger partial charge in [0.2, 0.25) is 0 Å². The molecule has 0 saturated heterocycles. The molecule has 2 aromatic rings. The third-order valence-corrected chi connectivity index (χ3v) is 3.98. The van der Waals surface area contributed by atoms with Crippen LogP contribution in [0.5, 0.6) is 11.5 Å². The van der Waals surface area contributed by atoms with Crippen LogP contribution in [0.4, 0.5) is 0 Å². The van der Waals surface area contributed by atoms with E-state index in [0.29, 0.717) is 23.5 Å². The maximum atomic E-state index is 12.2. The number of carbonyl (C=O) groups excluding carboxylic acids is 1. The Bertz CT molecular complexity index is 742. The quantitative estimate of drug-likeness (QED) is 0.598. The number of nitrogens with one attached hydrogen (secondary N) is 1. The van der Waals surface area contributed by atoms with Gasteiger partial charge in [0.25, 0.3) is 5.91 Å². The molecule has 0 atom stereocenters. The lowest BCUT2D eigenvalue weighted by molar-refractivity contribution is 0.0955. The number of benzene rings is 2. The largest absolute Gasteiger partial charge is 0.493 e. The molecule has 2 rings (SSSR count). The zero-order chi connectivity index (χ0) is 17.5. The first-order valence-corrected chi connectivity index (χ1v) is 8.23. The van der Waals surface area contributed by atoms with Crippen LogP contribution < -0.4 is 14.9 Å². The number of amides is 1. The van der Waals surface area contributed by atoms with E-state index >= 15 is 0 Å². The summed E-state index contributed by atoms with van der Waals surface area (Å²) < 4.78 is 11.5. The summed E-state index contributed by atoms with van der Waals surface area (Å²) in [6.45, 7) is 1.97. The van der Waals surface area contributed by atoms with E-state index in [0.717, 1.165) is 15.7 Å². The van der Waals surface area contributed by atoms with Crippen LogP contribution in [0.25, 0.3) is 0 Å². The van der Waals surface area contributed by atoms with Crippen molar-refractivity contribution in [2.24, 2.45) is 5.10 Å². The number of rotatable bonds is 6. The summed E-state index contributed by atoms with van der Waals surface area (Å²) in [5.41, 5.74) is 4.76. The number of halogens is 1. The second-order valence-electron chi connectivity index (χ2n) is 4.93. The van der Waals surface area contributed by atoms with Crippen molar-refractivity contribution >= 4 is 27.5 Å². The molecule has 1 N–H and O–H groups in total. The number of hydrogen-bond acceptors (Lipinski definition) is 4. The molecule has 0 heterocycles. The fourth-order valence-corrected chi connectivity index (χ4v) is 2.41. The first kappa shape index (κ1) is 18.0. The summed E-state index contributed by atoms with van der Waals surface area (Å²) >= 11 is 3.34. The molecule has 6 heteroatoms. The minimum absolute atomic E-state index is 0.256. The van der Waals surface area contributed by atoms with Crippen LogP contribution in [0.15, 0.2) is 52.0 Å². The molecule has 0 bridgehead atoms. The number of hydrazone groups is 1. The highest BCUT2D eigenvalue weighted by Crippen LogP contribution is 2.28. The van der Waals surface area contributed by atoms with Crippen LogP contribution >= 0.6 is 15.9 Å². The molecule has 126 valence electrons. The monoisotopic (exact) mass is 390 g/mol. The Labute approximate surface area is 149 Å². The van der Waals surface area contributed by atoms with E-state index in [2.05, 4.69) is 26.5 Å². The van der Waals surface area contributed by atoms with Gasteiger partial charge >= 0.3 is 0 Å². The van der Waals surface area contributed by atoms with Crippen LogP contribution in [0.1, 0.15) is 29.3 Å². The lowest BCUT2D eigenvalue weighted by Crippen LogP contribution is -2.20. The second-order valence-corrected chi connectivity index (χ2v) is 5.85. The van der Waals surface area contributed by atoms with Gasteiger partial charge < -0.3 is 9.47 Å². The molecule has 0 fully saturated rings. The zero-order valence-corrected chi connectivity index (χ0v) is 15.4. The van der Waals surface area contributed by atoms with Crippen LogP contribution in [0, 0.1) is 0 Å². The van der Waals surface area contributed by atoms with Gasteiger partial charge in [-0.25, -0.2) is 5.43 Å². The number of carbonyl (C=O) groups is 1. The normalized spacial score (nSPS) is 11.1. The van der Waals surface area contributed by atoms with E-state index in [4.69, 9.17) is 9.47 Å². The van der Waals surface area contributed by atoms with Crippen molar-refractivity contribution in [3.8, 4) is 11.5 Å². The Hall–Kier alpha value is -2.34. The standard InChI is InChI=1S/C18H19BrN2O3/c1-4-15(13-7-10-16(23-2)17(11-13)24-3)20-21-18(22)12-5-8-14(19)9-6-12/h5-11H,4H2,1-3H3,(H,21,22). The summed E-state index contributed by atoms with van der Waals surface area (Å²) in [5.74, 6) is 1.01. The molecular weight excluding hydrogens is 372 g/mol. The second kappa shape index (κ2) is 8.49. The van der Waals surface area contributed by atoms with Crippen LogP contribution in [0.2, 0.25) is 0 Å². The van der Waals surface area contributed by atoms with E-state index in [-0.39, 0.29) is 5.91 Å². The molecule has 0 radical (unpaired) electrons. The van der Waals surface area contributed by atoms with E-state index in [1.54, 1.807) is 26.4 Å². The van der Waals surface area contributed by atoms with Gasteiger partial charge in [0.1, 0.15) is 0 Å². The van der Waals surface area contributed by atoms with E-state index in [1.807, 2.05) is 37.3 Å². The Kier molecular flexibility index (Phi) is 6.37. The maximum Gasteiger partial charge on any atom is 0.271 e. The van der Waals surface area contributed by atoms with Gasteiger partial charge in [-0.3, -0.25) is 4.79 Å². The lowest BCUT2D eigenvalue weighted by atomic mass is 10.1. The van der Waals surface area contributed by atoms with Crippen LogP contribution in [-0.4, -0.2) is 25.8 Å². The molecule has 0 unspecified atom stereocenters. The highest BCUT2D eigenvalue weighted by atomic mass is 79.9. The molecule has 0 aliphatic rings. The molecule has 0 aromatic heterocycles. The zero-order valence-electron chi connectivity index (χ0n) is 13.8. The molecule has 1 amide bonds. The van der Waals surface area contributed by atoms with Crippen molar-refractivity contribution in [1.82, 2.24) is 5.43 Å². The van der Waals surface area contributed by atoms with Crippen molar-refractivity contribution < 1.29 is 14.3 Å². The first-order valence-electron chi connectivity index (χ1n) is 7.44. The Balaban J connectivity index is 2.19. The average molecular weight is 391 g/mol. The van der Waals surface area contributed by atoms with Gasteiger partial charge in [0.05, 0.1) is 19.9 Å². The Morgan fingerprint density at radius 1 is 1.04 bits per heavy atom. The molecular formula is C18H19BrN2O3. The fraction of sp³-hybridized carbons (Fsp3) is 0.222. The van der Waals surface area contributed by atoms with Crippen molar-refractivity contribution in [3.63, 3.8) is 0 Å². The predicted octanol–water partition coefficient (Wildman–Crippen LogP) is 4.01. The molecule has 24 heavy (non-hydrogen) atoms. The maximum absolute atomic E-state index is 12.2. The van der Waals surface area contributed by atoms with Gasteiger partial charge in [-0.15, -0.1) is 0 Å². The van der Waals surface area contributed by atoms with Crippen molar-refractivity contribution in [1.29, 1.82) is 0 Å². The van der Waals surface area contributed by atoms with E-state index in [1.165, 1.54) is 0 Å². The SMILES string of the molecule is CCC(=NNC(=O)c1ccc(Br)cc1)c1ccc(OC)c(OC)c1. The molecule has 2 aromatic carbocycles. The van der Waals surface area contributed by atoms with Gasteiger partial charge in [-0.2, -0.15) is 5.10 Å². The highest BCUT2D eigenvalue weighted by molar-refractivity contribution is 9.10. The molecule has 0 saturated carbocycles. The highest BCUT2D eigenvalue weighted by Gasteiger charge is 2.10. The van der Waals surface area contributed by atoms with Crippen LogP contribution in [-0.2, 0) is 0 Å². The van der Waals surface area contributed by atoms with Crippen molar-refractivity contribution in [2.75, 3.05) is 14.2 Å². The van der Waals surface area contributed by atoms with Gasteiger partial charge in [-0.1, -0.05) is 22.9 Å². The number of ether oxygens (including phenoxy) is 2. The van der Waals surface area contributed by atoms with Crippen molar-refractivity contribution in [3.05, 3.63) is 58.1 Å². The number of hydrogen-bond donors (Lipinski definition) is 1. The summed E-state index contributed by atoms with van der Waals surface area (Å²) in [4.78, 5) is 12.2. The molecule has 0 aliphatic heterocycles. The summed E-state index contributed by atoms with van der Waals surface area (Å²) in [6, 6.07) is 12.6. The van der Waals surface area contributed by atoms with Gasteiger partial charge in [0.15, 0.2) is 11.5 Å². The van der Waals surface area contributed by atoms with Gasteiger partial charge in [-0.05, 0) is 48.9 Å². The summed E-state index contributed by atoms with van der Waals surface area (Å²) in [6.07, 6.45) is 0.663. The van der Waals surface area contributed by atoms with E-state index in [9.17, 15) is 4.79 Å². The molecule has 5 nitrogen and oxygen atoms in total. The molecule has 0 spiro atoms. The Morgan fingerprint density at radius 2 is 1.67 bits per heavy atom.